The summed E-state index contributed by atoms with van der Waals surface area (Å²) in [5.41, 5.74) is 3.40. The van der Waals surface area contributed by atoms with Crippen molar-refractivity contribution in [2.45, 2.75) is 44.8 Å². The Balaban J connectivity index is 1.68. The Kier molecular flexibility index (Phi) is 3.48. The highest BCUT2D eigenvalue weighted by Gasteiger charge is 2.35. The average molecular weight is 308 g/mol. The van der Waals surface area contributed by atoms with Crippen LogP contribution in [0.2, 0.25) is 0 Å². The van der Waals surface area contributed by atoms with Crippen LogP contribution in [0.25, 0.3) is 0 Å². The lowest BCUT2D eigenvalue weighted by atomic mass is 9.93. The van der Waals surface area contributed by atoms with Gasteiger partial charge >= 0.3 is 0 Å². The number of fused-ring (bicyclic) bond motifs is 1. The molecule has 0 bridgehead atoms. The third-order valence-corrected chi connectivity index (χ3v) is 4.51. The van der Waals surface area contributed by atoms with E-state index in [1.54, 1.807) is 6.20 Å². The number of nitrogens with one attached hydrogen (secondary N) is 1. The Hall–Kier alpha value is -2.43. The van der Waals surface area contributed by atoms with E-state index in [0.29, 0.717) is 25.0 Å². The molecular formula is C18H20N4O. The molecule has 1 aromatic carbocycles. The topological polar surface area (TPSA) is 58.1 Å². The fourth-order valence-corrected chi connectivity index (χ4v) is 3.07. The third-order valence-electron chi connectivity index (χ3n) is 4.51. The highest BCUT2D eigenvalue weighted by molar-refractivity contribution is 5.86. The van der Waals surface area contributed by atoms with E-state index in [2.05, 4.69) is 27.4 Å². The van der Waals surface area contributed by atoms with Crippen LogP contribution in [0.15, 0.2) is 36.5 Å². The van der Waals surface area contributed by atoms with Gasteiger partial charge in [-0.25, -0.2) is 9.97 Å². The number of hydrogen-bond donors (Lipinski definition) is 1. The van der Waals surface area contributed by atoms with Crippen LogP contribution in [0.1, 0.15) is 29.7 Å². The zero-order valence-electron chi connectivity index (χ0n) is 13.2. The van der Waals surface area contributed by atoms with E-state index >= 15 is 0 Å². The second kappa shape index (κ2) is 5.65. The van der Waals surface area contributed by atoms with Gasteiger partial charge in [0, 0.05) is 30.9 Å². The van der Waals surface area contributed by atoms with Crippen molar-refractivity contribution in [3.05, 3.63) is 53.3 Å². The van der Waals surface area contributed by atoms with Crippen LogP contribution in [0, 0.1) is 6.92 Å². The van der Waals surface area contributed by atoms with Gasteiger partial charge in [0.1, 0.15) is 6.04 Å². The van der Waals surface area contributed by atoms with Gasteiger partial charge in [-0.05, 0) is 37.0 Å². The van der Waals surface area contributed by atoms with Crippen LogP contribution in [-0.2, 0) is 17.8 Å². The minimum absolute atomic E-state index is 0.0899. The first kappa shape index (κ1) is 14.2. The summed E-state index contributed by atoms with van der Waals surface area (Å²) in [6.45, 7) is 2.62. The van der Waals surface area contributed by atoms with E-state index in [1.165, 1.54) is 11.1 Å². The highest BCUT2D eigenvalue weighted by Crippen LogP contribution is 2.27. The molecule has 118 valence electrons. The van der Waals surface area contributed by atoms with Gasteiger partial charge in [0.2, 0.25) is 11.9 Å². The summed E-state index contributed by atoms with van der Waals surface area (Å²) >= 11 is 0. The number of amides is 1. The van der Waals surface area contributed by atoms with Gasteiger partial charge in [-0.3, -0.25) is 4.79 Å². The number of nitrogens with zero attached hydrogens (tertiary/aromatic N) is 3. The molecule has 5 heteroatoms. The molecule has 1 aromatic heterocycles. The van der Waals surface area contributed by atoms with Gasteiger partial charge in [0.15, 0.2) is 0 Å². The highest BCUT2D eigenvalue weighted by atomic mass is 16.2. The summed E-state index contributed by atoms with van der Waals surface area (Å²) in [4.78, 5) is 23.7. The maximum absolute atomic E-state index is 12.7. The normalized spacial score (nSPS) is 20.0. The molecule has 1 atom stereocenters. The summed E-state index contributed by atoms with van der Waals surface area (Å²) in [5.74, 6) is 0.725. The minimum atomic E-state index is -0.243. The molecule has 0 unspecified atom stereocenters. The first-order valence-electron chi connectivity index (χ1n) is 8.14. The molecule has 2 aromatic rings. The van der Waals surface area contributed by atoms with E-state index in [4.69, 9.17) is 0 Å². The second-order valence-electron chi connectivity index (χ2n) is 6.40. The maximum atomic E-state index is 12.7. The number of aryl methyl sites for hydroxylation is 1. The van der Waals surface area contributed by atoms with Gasteiger partial charge in [0.05, 0.1) is 0 Å². The standard InChI is InChI=1S/C18H20N4O/c1-12-8-9-19-18(20-12)22-11-14-5-3-2-4-13(14)10-16(22)17(23)21-15-6-7-15/h2-5,8-9,15-16H,6-7,10-11H2,1H3,(H,21,23)/t16-/m0/s1. The quantitative estimate of drug-likeness (QED) is 0.942. The molecule has 4 rings (SSSR count). The predicted molar refractivity (Wildman–Crippen MR) is 88.1 cm³/mol. The molecule has 0 radical (unpaired) electrons. The van der Waals surface area contributed by atoms with Crippen LogP contribution in [-0.4, -0.2) is 28.0 Å². The van der Waals surface area contributed by atoms with Crippen LogP contribution in [0.3, 0.4) is 0 Å². The molecule has 2 aliphatic rings. The Morgan fingerprint density at radius 1 is 1.22 bits per heavy atom. The summed E-state index contributed by atoms with van der Waals surface area (Å²) in [7, 11) is 0. The van der Waals surface area contributed by atoms with Gasteiger partial charge in [-0.2, -0.15) is 0 Å². The SMILES string of the molecule is Cc1ccnc(N2Cc3ccccc3C[C@H]2C(=O)NC2CC2)n1. The van der Waals surface area contributed by atoms with Crippen molar-refractivity contribution in [1.29, 1.82) is 0 Å². The van der Waals surface area contributed by atoms with Crippen molar-refractivity contribution in [1.82, 2.24) is 15.3 Å². The van der Waals surface area contributed by atoms with E-state index in [9.17, 15) is 4.79 Å². The van der Waals surface area contributed by atoms with Crippen molar-refractivity contribution in [3.8, 4) is 0 Å². The number of carbonyl (C=O) groups excluding carboxylic acids is 1. The first-order valence-corrected chi connectivity index (χ1v) is 8.14. The lowest BCUT2D eigenvalue weighted by Gasteiger charge is -2.36. The zero-order valence-corrected chi connectivity index (χ0v) is 13.2. The number of anilines is 1. The fraction of sp³-hybridized carbons (Fsp3) is 0.389. The minimum Gasteiger partial charge on any atom is -0.352 e. The van der Waals surface area contributed by atoms with Crippen LogP contribution >= 0.6 is 0 Å². The molecule has 1 saturated carbocycles. The predicted octanol–water partition coefficient (Wildman–Crippen LogP) is 1.99. The van der Waals surface area contributed by atoms with E-state index in [-0.39, 0.29) is 11.9 Å². The summed E-state index contributed by atoms with van der Waals surface area (Å²) in [6.07, 6.45) is 4.64. The van der Waals surface area contributed by atoms with E-state index < -0.39 is 0 Å². The van der Waals surface area contributed by atoms with Crippen molar-refractivity contribution >= 4 is 11.9 Å². The summed E-state index contributed by atoms with van der Waals surface area (Å²) in [5, 5.41) is 3.13. The average Bonchev–Trinajstić information content (AvgIpc) is 3.37. The Labute approximate surface area is 135 Å². The molecular weight excluding hydrogens is 288 g/mol. The Bertz CT molecular complexity index is 741. The lowest BCUT2D eigenvalue weighted by Crippen LogP contribution is -2.51. The number of benzene rings is 1. The molecule has 23 heavy (non-hydrogen) atoms. The largest absolute Gasteiger partial charge is 0.352 e. The molecule has 1 N–H and O–H groups in total. The van der Waals surface area contributed by atoms with E-state index in [0.717, 1.165) is 18.5 Å². The molecule has 0 spiro atoms. The Morgan fingerprint density at radius 2 is 2.00 bits per heavy atom. The molecule has 1 fully saturated rings. The van der Waals surface area contributed by atoms with Crippen LogP contribution in [0.4, 0.5) is 5.95 Å². The molecule has 1 aliphatic heterocycles. The molecule has 0 saturated heterocycles. The molecule has 1 amide bonds. The monoisotopic (exact) mass is 308 g/mol. The third kappa shape index (κ3) is 2.91. The van der Waals surface area contributed by atoms with Crippen molar-refractivity contribution in [2.75, 3.05) is 4.90 Å². The molecule has 5 nitrogen and oxygen atoms in total. The number of aromatic nitrogens is 2. The lowest BCUT2D eigenvalue weighted by molar-refractivity contribution is -0.122. The van der Waals surface area contributed by atoms with Crippen LogP contribution in [0.5, 0.6) is 0 Å². The smallest absolute Gasteiger partial charge is 0.243 e. The maximum Gasteiger partial charge on any atom is 0.243 e. The number of hydrogen-bond acceptors (Lipinski definition) is 4. The molecule has 1 aliphatic carbocycles. The fourth-order valence-electron chi connectivity index (χ4n) is 3.07. The van der Waals surface area contributed by atoms with Gasteiger partial charge in [-0.1, -0.05) is 24.3 Å². The Morgan fingerprint density at radius 3 is 2.74 bits per heavy atom. The van der Waals surface area contributed by atoms with Crippen molar-refractivity contribution in [3.63, 3.8) is 0 Å². The first-order chi connectivity index (χ1) is 11.2. The van der Waals surface area contributed by atoms with Gasteiger partial charge in [-0.15, -0.1) is 0 Å². The number of carbonyl (C=O) groups is 1. The van der Waals surface area contributed by atoms with Crippen molar-refractivity contribution < 1.29 is 4.79 Å². The van der Waals surface area contributed by atoms with Gasteiger partial charge in [0.25, 0.3) is 0 Å². The zero-order chi connectivity index (χ0) is 15.8. The summed E-state index contributed by atoms with van der Waals surface area (Å²) < 4.78 is 0. The second-order valence-corrected chi connectivity index (χ2v) is 6.40. The molecule has 2 heterocycles. The number of rotatable bonds is 3. The van der Waals surface area contributed by atoms with Gasteiger partial charge < -0.3 is 10.2 Å². The van der Waals surface area contributed by atoms with Crippen molar-refractivity contribution in [2.24, 2.45) is 0 Å². The summed E-state index contributed by atoms with van der Waals surface area (Å²) in [6, 6.07) is 10.3. The van der Waals surface area contributed by atoms with Crippen LogP contribution < -0.4 is 10.2 Å². The van der Waals surface area contributed by atoms with E-state index in [1.807, 2.05) is 30.0 Å².